The quantitative estimate of drug-likeness (QED) is 0.549. The van der Waals surface area contributed by atoms with Crippen molar-refractivity contribution in [2.45, 2.75) is 33.2 Å². The number of rotatable bonds is 6. The first-order valence-electron chi connectivity index (χ1n) is 5.98. The Balaban J connectivity index is 4.06. The van der Waals surface area contributed by atoms with Gasteiger partial charge in [-0.3, -0.25) is 9.59 Å². The fourth-order valence-corrected chi connectivity index (χ4v) is 1.14. The van der Waals surface area contributed by atoms with Crippen LogP contribution in [0.1, 0.15) is 27.2 Å². The molecule has 7 nitrogen and oxygen atoms in total. The fourth-order valence-electron chi connectivity index (χ4n) is 1.14. The fraction of sp³-hybridized carbons (Fsp3) is 0.750. The van der Waals surface area contributed by atoms with Crippen molar-refractivity contribution in [2.24, 2.45) is 5.41 Å². The van der Waals surface area contributed by atoms with Crippen LogP contribution < -0.4 is 10.6 Å². The number of esters is 1. The number of hydrogen-bond acceptors (Lipinski definition) is 5. The molecule has 7 heteroatoms. The molecule has 0 heterocycles. The molecule has 0 aliphatic rings. The van der Waals surface area contributed by atoms with E-state index >= 15 is 0 Å². The van der Waals surface area contributed by atoms with E-state index in [1.165, 1.54) is 7.11 Å². The lowest BCUT2D eigenvalue weighted by molar-refractivity contribution is -0.146. The van der Waals surface area contributed by atoms with Crippen LogP contribution >= 0.6 is 0 Å². The highest BCUT2D eigenvalue weighted by Crippen LogP contribution is 2.11. The normalized spacial score (nSPS) is 12.5. The van der Waals surface area contributed by atoms with E-state index in [4.69, 9.17) is 5.11 Å². The smallest absolute Gasteiger partial charge is 0.330 e. The van der Waals surface area contributed by atoms with E-state index in [9.17, 15) is 14.4 Å². The molecule has 3 N–H and O–H groups in total. The largest absolute Gasteiger partial charge is 0.467 e. The minimum Gasteiger partial charge on any atom is -0.467 e. The number of ether oxygens (including phenoxy) is 1. The molecule has 0 bridgehead atoms. The van der Waals surface area contributed by atoms with Gasteiger partial charge in [-0.15, -0.1) is 0 Å². The standard InChI is InChI=1S/C12H22N2O5/c1-12(2,3)11(18)13-6-5-9(16)14-8(7-15)10(17)19-4/h8,15H,5-7H2,1-4H3,(H,13,18)(H,14,16). The Hall–Kier alpha value is -1.63. The Bertz CT molecular complexity index is 336. The third kappa shape index (κ3) is 6.76. The Morgan fingerprint density at radius 2 is 1.84 bits per heavy atom. The molecule has 0 aromatic rings. The molecule has 110 valence electrons. The Morgan fingerprint density at radius 3 is 2.26 bits per heavy atom. The number of hydrogen-bond donors (Lipinski definition) is 3. The summed E-state index contributed by atoms with van der Waals surface area (Å²) < 4.78 is 4.41. The first-order valence-corrected chi connectivity index (χ1v) is 5.98. The predicted octanol–water partition coefficient (Wildman–Crippen LogP) is -0.811. The molecule has 0 radical (unpaired) electrons. The van der Waals surface area contributed by atoms with Gasteiger partial charge in [0, 0.05) is 18.4 Å². The van der Waals surface area contributed by atoms with E-state index in [-0.39, 0.29) is 18.9 Å². The lowest BCUT2D eigenvalue weighted by Crippen LogP contribution is -2.45. The Morgan fingerprint density at radius 1 is 1.26 bits per heavy atom. The summed E-state index contributed by atoms with van der Waals surface area (Å²) in [5.74, 6) is -1.32. The van der Waals surface area contributed by atoms with Gasteiger partial charge in [-0.2, -0.15) is 0 Å². The van der Waals surface area contributed by atoms with Crippen LogP contribution in [-0.4, -0.2) is 49.2 Å². The van der Waals surface area contributed by atoms with Gasteiger partial charge in [-0.1, -0.05) is 20.8 Å². The van der Waals surface area contributed by atoms with Gasteiger partial charge in [0.2, 0.25) is 11.8 Å². The van der Waals surface area contributed by atoms with Crippen molar-refractivity contribution in [2.75, 3.05) is 20.3 Å². The van der Waals surface area contributed by atoms with Gasteiger partial charge in [0.1, 0.15) is 0 Å². The van der Waals surface area contributed by atoms with E-state index in [0.29, 0.717) is 0 Å². The number of nitrogens with one attached hydrogen (secondary N) is 2. The van der Waals surface area contributed by atoms with Crippen molar-refractivity contribution < 1.29 is 24.2 Å². The summed E-state index contributed by atoms with van der Waals surface area (Å²) in [6.07, 6.45) is 0.0231. The third-order valence-corrected chi connectivity index (χ3v) is 2.32. The van der Waals surface area contributed by atoms with Crippen LogP contribution in [0.4, 0.5) is 0 Å². The molecular formula is C12H22N2O5. The third-order valence-electron chi connectivity index (χ3n) is 2.32. The zero-order chi connectivity index (χ0) is 15.1. The van der Waals surface area contributed by atoms with Crippen LogP contribution in [0, 0.1) is 5.41 Å². The highest BCUT2D eigenvalue weighted by Gasteiger charge is 2.22. The van der Waals surface area contributed by atoms with Crippen molar-refractivity contribution in [1.29, 1.82) is 0 Å². The van der Waals surface area contributed by atoms with Crippen molar-refractivity contribution >= 4 is 17.8 Å². The van der Waals surface area contributed by atoms with Gasteiger partial charge in [0.25, 0.3) is 0 Å². The maximum atomic E-state index is 11.5. The molecule has 0 aliphatic carbocycles. The van der Waals surface area contributed by atoms with E-state index in [2.05, 4.69) is 15.4 Å². The SMILES string of the molecule is COC(=O)C(CO)NC(=O)CCNC(=O)C(C)(C)C. The van der Waals surface area contributed by atoms with Gasteiger partial charge in [0.05, 0.1) is 13.7 Å². The van der Waals surface area contributed by atoms with Crippen molar-refractivity contribution in [1.82, 2.24) is 10.6 Å². The minimum absolute atomic E-state index is 0.0231. The average molecular weight is 274 g/mol. The van der Waals surface area contributed by atoms with Gasteiger partial charge in [-0.05, 0) is 0 Å². The monoisotopic (exact) mass is 274 g/mol. The molecule has 1 unspecified atom stereocenters. The minimum atomic E-state index is -1.07. The van der Waals surface area contributed by atoms with E-state index in [0.717, 1.165) is 0 Å². The van der Waals surface area contributed by atoms with Gasteiger partial charge in [-0.25, -0.2) is 4.79 Å². The Kier molecular flexibility index (Phi) is 7.06. The first kappa shape index (κ1) is 17.4. The first-order chi connectivity index (χ1) is 8.72. The van der Waals surface area contributed by atoms with Crippen LogP contribution in [-0.2, 0) is 19.1 Å². The summed E-state index contributed by atoms with van der Waals surface area (Å²) in [4.78, 5) is 34.1. The number of methoxy groups -OCH3 is 1. The maximum Gasteiger partial charge on any atom is 0.330 e. The second kappa shape index (κ2) is 7.73. The molecule has 0 fully saturated rings. The highest BCUT2D eigenvalue weighted by molar-refractivity contribution is 5.85. The van der Waals surface area contributed by atoms with Crippen LogP contribution in [0.2, 0.25) is 0 Å². The van der Waals surface area contributed by atoms with Gasteiger partial charge in [0.15, 0.2) is 6.04 Å². The summed E-state index contributed by atoms with van der Waals surface area (Å²) in [6, 6.07) is -1.07. The zero-order valence-electron chi connectivity index (χ0n) is 11.8. The number of carbonyl (C=O) groups excluding carboxylic acids is 3. The number of carbonyl (C=O) groups is 3. The van der Waals surface area contributed by atoms with Crippen molar-refractivity contribution in [3.63, 3.8) is 0 Å². The summed E-state index contributed by atoms with van der Waals surface area (Å²) in [7, 11) is 1.17. The average Bonchev–Trinajstić information content (AvgIpc) is 2.33. The summed E-state index contributed by atoms with van der Waals surface area (Å²) >= 11 is 0. The predicted molar refractivity (Wildman–Crippen MR) is 68.1 cm³/mol. The number of aliphatic hydroxyl groups excluding tert-OH is 1. The number of aliphatic hydroxyl groups is 1. The molecule has 0 aromatic heterocycles. The molecular weight excluding hydrogens is 252 g/mol. The molecule has 0 saturated carbocycles. The molecule has 0 rings (SSSR count). The molecule has 2 amide bonds. The molecule has 0 aliphatic heterocycles. The highest BCUT2D eigenvalue weighted by atomic mass is 16.5. The second-order valence-electron chi connectivity index (χ2n) is 5.08. The topological polar surface area (TPSA) is 105 Å². The van der Waals surface area contributed by atoms with E-state index < -0.39 is 29.9 Å². The van der Waals surface area contributed by atoms with Gasteiger partial charge >= 0.3 is 5.97 Å². The molecule has 0 saturated heterocycles. The van der Waals surface area contributed by atoms with Crippen LogP contribution in [0.3, 0.4) is 0 Å². The zero-order valence-corrected chi connectivity index (χ0v) is 11.8. The van der Waals surface area contributed by atoms with Crippen molar-refractivity contribution in [3.05, 3.63) is 0 Å². The Labute approximate surface area is 112 Å². The lowest BCUT2D eigenvalue weighted by atomic mass is 9.96. The molecule has 19 heavy (non-hydrogen) atoms. The maximum absolute atomic E-state index is 11.5. The van der Waals surface area contributed by atoms with Crippen LogP contribution in [0.25, 0.3) is 0 Å². The second-order valence-corrected chi connectivity index (χ2v) is 5.08. The summed E-state index contributed by atoms with van der Waals surface area (Å²) in [5.41, 5.74) is -0.518. The van der Waals surface area contributed by atoms with Crippen LogP contribution in [0.15, 0.2) is 0 Å². The van der Waals surface area contributed by atoms with Crippen LogP contribution in [0.5, 0.6) is 0 Å². The summed E-state index contributed by atoms with van der Waals surface area (Å²) in [5, 5.41) is 13.8. The molecule has 0 aromatic carbocycles. The number of amides is 2. The van der Waals surface area contributed by atoms with Crippen molar-refractivity contribution in [3.8, 4) is 0 Å². The van der Waals surface area contributed by atoms with Gasteiger partial charge < -0.3 is 20.5 Å². The molecule has 1 atom stereocenters. The van der Waals surface area contributed by atoms with E-state index in [1.807, 2.05) is 0 Å². The van der Waals surface area contributed by atoms with E-state index in [1.54, 1.807) is 20.8 Å². The lowest BCUT2D eigenvalue weighted by Gasteiger charge is -2.18. The summed E-state index contributed by atoms with van der Waals surface area (Å²) in [6.45, 7) is 4.93. The molecule has 0 spiro atoms.